The number of hydrogen-bond donors (Lipinski definition) is 1. The predicted molar refractivity (Wildman–Crippen MR) is 107 cm³/mol. The van der Waals surface area contributed by atoms with Crippen LogP contribution in [0.1, 0.15) is 45.1 Å². The van der Waals surface area contributed by atoms with Crippen molar-refractivity contribution in [1.82, 2.24) is 5.32 Å². The fourth-order valence-electron chi connectivity index (χ4n) is 3.10. The normalized spacial score (nSPS) is 12.8. The van der Waals surface area contributed by atoms with Crippen LogP contribution < -0.4 is 10.2 Å². The van der Waals surface area contributed by atoms with E-state index in [4.69, 9.17) is 10.5 Å². The van der Waals surface area contributed by atoms with Crippen LogP contribution in [0.5, 0.6) is 0 Å². The molecule has 28 heavy (non-hydrogen) atoms. The molecule has 0 spiro atoms. The molecule has 0 aromatic heterocycles. The van der Waals surface area contributed by atoms with Crippen molar-refractivity contribution in [3.05, 3.63) is 46.7 Å². The van der Waals surface area contributed by atoms with Crippen LogP contribution in [0.3, 0.4) is 0 Å². The quantitative estimate of drug-likeness (QED) is 0.698. The van der Waals surface area contributed by atoms with E-state index in [1.54, 1.807) is 12.1 Å². The molecule has 0 aliphatic carbocycles. The van der Waals surface area contributed by atoms with Crippen LogP contribution in [0.4, 0.5) is 5.69 Å². The first kappa shape index (κ1) is 20.7. The Morgan fingerprint density at radius 1 is 1.00 bits per heavy atom. The maximum atomic E-state index is 12.4. The van der Waals surface area contributed by atoms with Gasteiger partial charge in [0.2, 0.25) is 0 Å². The number of carbonyl (C=O) groups is 1. The minimum atomic E-state index is -0.476. The lowest BCUT2D eigenvalue weighted by molar-refractivity contribution is -0.114. The van der Waals surface area contributed by atoms with Crippen molar-refractivity contribution in [2.24, 2.45) is 0 Å². The molecule has 0 radical (unpaired) electrons. The van der Waals surface area contributed by atoms with Gasteiger partial charge in [0.1, 0.15) is 18.2 Å². The van der Waals surface area contributed by atoms with Gasteiger partial charge in [0.05, 0.1) is 16.8 Å². The number of allylic oxidation sites excluding steroid dienone is 2. The number of carbonyl (C=O) groups excluding carboxylic acids is 1. The Kier molecular flexibility index (Phi) is 7.37. The molecule has 1 amide bonds. The van der Waals surface area contributed by atoms with Gasteiger partial charge >= 0.3 is 0 Å². The van der Waals surface area contributed by atoms with Crippen LogP contribution in [-0.4, -0.2) is 19.0 Å². The summed E-state index contributed by atoms with van der Waals surface area (Å²) in [4.78, 5) is 14.7. The van der Waals surface area contributed by atoms with E-state index in [-0.39, 0.29) is 22.4 Å². The third-order valence-electron chi connectivity index (χ3n) is 4.64. The van der Waals surface area contributed by atoms with Gasteiger partial charge in [0.25, 0.3) is 5.91 Å². The molecule has 0 bridgehead atoms. The molecule has 0 atom stereocenters. The number of nitriles is 3. The molecule has 1 N–H and O–H groups in total. The van der Waals surface area contributed by atoms with E-state index >= 15 is 0 Å². The van der Waals surface area contributed by atoms with Crippen LogP contribution in [0.25, 0.3) is 5.57 Å². The number of nitrogens with zero attached hydrogens (tertiary/aromatic N) is 4. The minimum absolute atomic E-state index is 0.0101. The highest BCUT2D eigenvalue weighted by atomic mass is 16.2. The molecular weight excluding hydrogens is 350 g/mol. The summed E-state index contributed by atoms with van der Waals surface area (Å²) in [6.07, 6.45) is 4.46. The molecule has 1 aromatic rings. The van der Waals surface area contributed by atoms with Gasteiger partial charge in [-0.25, -0.2) is 0 Å². The van der Waals surface area contributed by atoms with Gasteiger partial charge in [0, 0.05) is 18.8 Å². The summed E-state index contributed by atoms with van der Waals surface area (Å²) in [5.41, 5.74) is 1.61. The number of unbranched alkanes of at least 4 members (excludes halogenated alkanes) is 2. The largest absolute Gasteiger partial charge is 0.372 e. The van der Waals surface area contributed by atoms with Gasteiger partial charge in [-0.15, -0.1) is 0 Å². The molecular formula is C22H23N5O. The lowest BCUT2D eigenvalue weighted by Crippen LogP contribution is -2.25. The molecule has 1 aromatic carbocycles. The number of anilines is 1. The Morgan fingerprint density at radius 2 is 1.57 bits per heavy atom. The predicted octanol–water partition coefficient (Wildman–Crippen LogP) is 3.80. The van der Waals surface area contributed by atoms with Gasteiger partial charge in [-0.05, 0) is 30.5 Å². The molecule has 0 saturated carbocycles. The van der Waals surface area contributed by atoms with E-state index in [0.717, 1.165) is 44.5 Å². The van der Waals surface area contributed by atoms with Gasteiger partial charge in [-0.2, -0.15) is 15.8 Å². The number of rotatable bonds is 8. The second-order valence-electron chi connectivity index (χ2n) is 6.53. The Hall–Kier alpha value is -3.56. The van der Waals surface area contributed by atoms with Crippen molar-refractivity contribution < 1.29 is 4.79 Å². The van der Waals surface area contributed by atoms with Crippen molar-refractivity contribution in [3.63, 3.8) is 0 Å². The number of hydrogen-bond acceptors (Lipinski definition) is 5. The van der Waals surface area contributed by atoms with Crippen LogP contribution >= 0.6 is 0 Å². The van der Waals surface area contributed by atoms with E-state index in [1.165, 1.54) is 0 Å². The van der Waals surface area contributed by atoms with Crippen molar-refractivity contribution >= 4 is 17.2 Å². The summed E-state index contributed by atoms with van der Waals surface area (Å²) in [6.45, 7) is 6.28. The maximum absolute atomic E-state index is 12.4. The average molecular weight is 373 g/mol. The highest BCUT2D eigenvalue weighted by molar-refractivity contribution is 6.26. The van der Waals surface area contributed by atoms with E-state index in [1.807, 2.05) is 30.3 Å². The van der Waals surface area contributed by atoms with Crippen LogP contribution in [0, 0.1) is 34.0 Å². The van der Waals surface area contributed by atoms with E-state index in [9.17, 15) is 10.1 Å². The molecule has 142 valence electrons. The zero-order valence-corrected chi connectivity index (χ0v) is 16.2. The molecule has 0 unspecified atom stereocenters. The Labute approximate surface area is 166 Å². The monoisotopic (exact) mass is 373 g/mol. The number of nitrogens with one attached hydrogen (secondary N) is 1. The Balaban J connectivity index is 2.41. The molecule has 2 rings (SSSR count). The van der Waals surface area contributed by atoms with Crippen LogP contribution in [0.2, 0.25) is 0 Å². The standard InChI is InChI=1S/C22H23N5O/c1-3-5-11-27(12-6-4-2)18-9-7-16(8-10-18)20-19(15-25)21(26-22(20)28)17(13-23)14-24/h7-10H,3-6,11-12H2,1-2H3,(H,26,28). The van der Waals surface area contributed by atoms with E-state index in [2.05, 4.69) is 24.1 Å². The Bertz CT molecular complexity index is 896. The number of amides is 1. The summed E-state index contributed by atoms with van der Waals surface area (Å²) in [7, 11) is 0. The first-order valence-corrected chi connectivity index (χ1v) is 9.47. The molecule has 6 nitrogen and oxygen atoms in total. The summed E-state index contributed by atoms with van der Waals surface area (Å²) in [6, 6.07) is 12.9. The second kappa shape index (κ2) is 9.95. The molecule has 1 aliphatic rings. The third kappa shape index (κ3) is 4.40. The highest BCUT2D eigenvalue weighted by Gasteiger charge is 2.31. The van der Waals surface area contributed by atoms with E-state index < -0.39 is 5.91 Å². The zero-order valence-electron chi connectivity index (χ0n) is 16.2. The lowest BCUT2D eigenvalue weighted by Gasteiger charge is -2.25. The first-order valence-electron chi connectivity index (χ1n) is 9.47. The zero-order chi connectivity index (χ0) is 20.5. The molecule has 1 aliphatic heterocycles. The third-order valence-corrected chi connectivity index (χ3v) is 4.64. The topological polar surface area (TPSA) is 104 Å². The summed E-state index contributed by atoms with van der Waals surface area (Å²) in [5.74, 6) is -0.476. The summed E-state index contributed by atoms with van der Waals surface area (Å²) < 4.78 is 0. The minimum Gasteiger partial charge on any atom is -0.372 e. The molecule has 1 heterocycles. The lowest BCUT2D eigenvalue weighted by atomic mass is 9.99. The van der Waals surface area contributed by atoms with Crippen LogP contribution in [0.15, 0.2) is 41.1 Å². The van der Waals surface area contributed by atoms with Crippen molar-refractivity contribution in [1.29, 1.82) is 15.8 Å². The van der Waals surface area contributed by atoms with Gasteiger partial charge < -0.3 is 10.2 Å². The fraction of sp³-hybridized carbons (Fsp3) is 0.364. The van der Waals surface area contributed by atoms with Gasteiger partial charge in [0.15, 0.2) is 5.57 Å². The van der Waals surface area contributed by atoms with Crippen molar-refractivity contribution in [2.75, 3.05) is 18.0 Å². The molecule has 6 heteroatoms. The Morgan fingerprint density at radius 3 is 2.04 bits per heavy atom. The highest BCUT2D eigenvalue weighted by Crippen LogP contribution is 2.31. The average Bonchev–Trinajstić information content (AvgIpc) is 3.05. The number of benzene rings is 1. The summed E-state index contributed by atoms with van der Waals surface area (Å²) >= 11 is 0. The first-order chi connectivity index (χ1) is 13.6. The molecule has 0 saturated heterocycles. The fourth-order valence-corrected chi connectivity index (χ4v) is 3.10. The smallest absolute Gasteiger partial charge is 0.257 e. The van der Waals surface area contributed by atoms with Crippen molar-refractivity contribution in [3.8, 4) is 18.2 Å². The summed E-state index contributed by atoms with van der Waals surface area (Å²) in [5, 5.41) is 30.1. The van der Waals surface area contributed by atoms with Gasteiger partial charge in [-0.1, -0.05) is 38.8 Å². The van der Waals surface area contributed by atoms with E-state index in [0.29, 0.717) is 5.56 Å². The van der Waals surface area contributed by atoms with Gasteiger partial charge in [-0.3, -0.25) is 4.79 Å². The SMILES string of the molecule is CCCCN(CCCC)c1ccc(C2=C(C#N)C(=C(C#N)C#N)NC2=O)cc1. The maximum Gasteiger partial charge on any atom is 0.257 e. The second-order valence-corrected chi connectivity index (χ2v) is 6.53. The van der Waals surface area contributed by atoms with Crippen LogP contribution in [-0.2, 0) is 4.79 Å². The molecule has 0 fully saturated rings. The van der Waals surface area contributed by atoms with Crippen molar-refractivity contribution in [2.45, 2.75) is 39.5 Å².